The minimum absolute atomic E-state index is 0.400. The van der Waals surface area contributed by atoms with Crippen LogP contribution in [0.4, 0.5) is 34.1 Å². The largest absolute Gasteiger partial charge is 0.456 e. The summed E-state index contributed by atoms with van der Waals surface area (Å²) in [4.78, 5) is 4.66. The molecule has 0 amide bonds. The highest BCUT2D eigenvalue weighted by Crippen LogP contribution is 2.49. The molecule has 17 aromatic rings. The predicted molar refractivity (Wildman–Crippen MR) is 359 cm³/mol. The number of furan rings is 4. The van der Waals surface area contributed by atoms with Crippen LogP contribution in [0.25, 0.3) is 132 Å². The van der Waals surface area contributed by atoms with E-state index in [9.17, 15) is 0 Å². The van der Waals surface area contributed by atoms with Crippen LogP contribution in [0.5, 0.6) is 0 Å². The van der Waals surface area contributed by atoms with Crippen LogP contribution >= 0.6 is 0 Å². The maximum Gasteiger partial charge on any atom is 0.159 e. The van der Waals surface area contributed by atoms with E-state index in [1.54, 1.807) is 0 Å². The third-order valence-electron chi connectivity index (χ3n) is 17.8. The first-order chi connectivity index (χ1) is 42.3. The third-order valence-corrected chi connectivity index (χ3v) is 17.8. The van der Waals surface area contributed by atoms with Crippen molar-refractivity contribution in [2.45, 2.75) is 39.5 Å². The van der Waals surface area contributed by atoms with E-state index >= 15 is 0 Å². The average molecular weight is 1110 g/mol. The number of hydrogen-bond acceptors (Lipinski definition) is 6. The second-order valence-electron chi connectivity index (χ2n) is 23.5. The van der Waals surface area contributed by atoms with Crippen LogP contribution in [-0.2, 0) is 0 Å². The lowest BCUT2D eigenvalue weighted by molar-refractivity contribution is 0.663. The van der Waals surface area contributed by atoms with Gasteiger partial charge in [-0.3, -0.25) is 0 Å². The van der Waals surface area contributed by atoms with Gasteiger partial charge in [-0.25, -0.2) is 0 Å². The average Bonchev–Trinajstić information content (AvgIpc) is 1.92. The first-order valence-electron chi connectivity index (χ1n) is 29.7. The summed E-state index contributed by atoms with van der Waals surface area (Å²) in [6.07, 6.45) is 0. The van der Waals surface area contributed by atoms with Crippen LogP contribution in [0, 0.1) is 0 Å². The number of fused-ring (bicyclic) bond motifs is 15. The van der Waals surface area contributed by atoms with Crippen molar-refractivity contribution >= 4 is 143 Å². The molecule has 0 aliphatic carbocycles. The molecular formula is C80H56N2O4. The van der Waals surface area contributed by atoms with Gasteiger partial charge in [0.2, 0.25) is 0 Å². The van der Waals surface area contributed by atoms with E-state index in [1.165, 1.54) is 11.1 Å². The van der Waals surface area contributed by atoms with Gasteiger partial charge >= 0.3 is 0 Å². The van der Waals surface area contributed by atoms with Crippen molar-refractivity contribution in [3.63, 3.8) is 0 Å². The normalized spacial score (nSPS) is 12.2. The minimum atomic E-state index is 0.400. The minimum Gasteiger partial charge on any atom is -0.456 e. The van der Waals surface area contributed by atoms with Crippen LogP contribution < -0.4 is 9.80 Å². The van der Waals surface area contributed by atoms with Gasteiger partial charge in [-0.05, 0) is 153 Å². The number of nitrogens with zero attached hydrogens (tertiary/aromatic N) is 2. The number of anilines is 6. The van der Waals surface area contributed by atoms with Crippen LogP contribution in [0.1, 0.15) is 50.7 Å². The van der Waals surface area contributed by atoms with Crippen LogP contribution in [0.2, 0.25) is 0 Å². The number of hydrogen-bond donors (Lipinski definition) is 0. The van der Waals surface area contributed by atoms with Gasteiger partial charge in [0.25, 0.3) is 0 Å². The van der Waals surface area contributed by atoms with Gasteiger partial charge in [-0.1, -0.05) is 185 Å². The Kier molecular flexibility index (Phi) is 11.2. The van der Waals surface area contributed by atoms with Crippen LogP contribution in [0.3, 0.4) is 0 Å². The molecule has 4 heterocycles. The molecular weight excluding hydrogens is 1050 g/mol. The first kappa shape index (κ1) is 49.8. The van der Waals surface area contributed by atoms with Crippen molar-refractivity contribution in [3.8, 4) is 22.3 Å². The van der Waals surface area contributed by atoms with Gasteiger partial charge in [-0.15, -0.1) is 0 Å². The molecule has 86 heavy (non-hydrogen) atoms. The highest BCUT2D eigenvalue weighted by molar-refractivity contribution is 6.28. The lowest BCUT2D eigenvalue weighted by Crippen LogP contribution is -2.10. The molecule has 0 saturated carbocycles. The van der Waals surface area contributed by atoms with E-state index in [0.29, 0.717) is 11.8 Å². The lowest BCUT2D eigenvalue weighted by atomic mass is 10.00. The van der Waals surface area contributed by atoms with Gasteiger partial charge in [0.05, 0.1) is 11.4 Å². The Balaban J connectivity index is 0.787. The molecule has 0 aliphatic heterocycles. The zero-order valence-electron chi connectivity index (χ0n) is 47.9. The molecule has 410 valence electrons. The van der Waals surface area contributed by atoms with Crippen LogP contribution in [0.15, 0.2) is 272 Å². The van der Waals surface area contributed by atoms with E-state index in [-0.39, 0.29) is 0 Å². The van der Waals surface area contributed by atoms with Crippen molar-refractivity contribution in [2.75, 3.05) is 9.80 Å². The smallest absolute Gasteiger partial charge is 0.159 e. The van der Waals surface area contributed by atoms with Crippen molar-refractivity contribution in [1.82, 2.24) is 0 Å². The molecule has 6 nitrogen and oxygen atoms in total. The number of rotatable bonds is 10. The standard InChI is InChI=1S/C80H56N2O4/c1-47(2)49-27-33-57(34-28-49)81(69-25-13-23-65-63-21-11-19-61(77(63)85-79(65)69)51-15-7-5-8-16-51)59-37-31-53-43-67-73(45-55(53)41-59)83-71-39-40-72-76(75(67)71)68-44-54-32-38-60(42-56(54)46-74(68)84-72)82(58-35-29-50(30-36-58)48(3)4)70-26-14-24-66-64-22-12-20-62(78(64)86-80(66)70)52-17-9-6-10-18-52/h5-48H,1-4H3. The van der Waals surface area contributed by atoms with Crippen LogP contribution in [-0.4, -0.2) is 0 Å². The topological polar surface area (TPSA) is 59.0 Å². The fourth-order valence-corrected chi connectivity index (χ4v) is 13.4. The molecule has 17 rings (SSSR count). The van der Waals surface area contributed by atoms with E-state index in [2.05, 4.69) is 292 Å². The van der Waals surface area contributed by atoms with Gasteiger partial charge in [0.15, 0.2) is 11.2 Å². The Bertz CT molecular complexity index is 5190. The Labute approximate surface area is 495 Å². The SMILES string of the molecule is CC(C)c1ccc(N(c2ccc3cc4c(cc3c2)oc2ccc3oc5cc6cc(N(c7ccc(C(C)C)cc7)c7cccc8c7oc7c(-c9ccccc9)cccc78)ccc6cc5c3c24)c2cccc3c2oc2c(-c4ccccc4)cccc23)cc1. The molecule has 0 unspecified atom stereocenters. The van der Waals surface area contributed by atoms with E-state index < -0.39 is 0 Å². The van der Waals surface area contributed by atoms with E-state index in [1.807, 2.05) is 0 Å². The lowest BCUT2D eigenvalue weighted by Gasteiger charge is -2.26. The summed E-state index contributed by atoms with van der Waals surface area (Å²) in [6.45, 7) is 8.95. The summed E-state index contributed by atoms with van der Waals surface area (Å²) in [7, 11) is 0. The van der Waals surface area contributed by atoms with Gasteiger partial charge in [0.1, 0.15) is 33.5 Å². The number of benzene rings is 13. The van der Waals surface area contributed by atoms with Crippen molar-refractivity contribution < 1.29 is 17.7 Å². The fourth-order valence-electron chi connectivity index (χ4n) is 13.4. The summed E-state index contributed by atoms with van der Waals surface area (Å²) < 4.78 is 27.8. The molecule has 0 saturated heterocycles. The summed E-state index contributed by atoms with van der Waals surface area (Å²) in [6, 6.07) is 91.3. The summed E-state index contributed by atoms with van der Waals surface area (Å²) >= 11 is 0. The maximum absolute atomic E-state index is 7.04. The molecule has 13 aromatic carbocycles. The van der Waals surface area contributed by atoms with E-state index in [0.717, 1.165) is 166 Å². The molecule has 0 radical (unpaired) electrons. The number of para-hydroxylation sites is 4. The molecule has 0 atom stereocenters. The highest BCUT2D eigenvalue weighted by atomic mass is 16.3. The van der Waals surface area contributed by atoms with Crippen molar-refractivity contribution in [2.24, 2.45) is 0 Å². The molecule has 6 heteroatoms. The van der Waals surface area contributed by atoms with E-state index in [4.69, 9.17) is 17.7 Å². The zero-order valence-corrected chi connectivity index (χ0v) is 47.9. The fraction of sp³-hybridized carbons (Fsp3) is 0.0750. The predicted octanol–water partition coefficient (Wildman–Crippen LogP) is 24.1. The van der Waals surface area contributed by atoms with Gasteiger partial charge in [-0.2, -0.15) is 0 Å². The molecule has 0 fully saturated rings. The monoisotopic (exact) mass is 1110 g/mol. The molecule has 0 aliphatic rings. The highest BCUT2D eigenvalue weighted by Gasteiger charge is 2.25. The summed E-state index contributed by atoms with van der Waals surface area (Å²) in [5.74, 6) is 0.799. The quantitative estimate of drug-likeness (QED) is 0.136. The summed E-state index contributed by atoms with van der Waals surface area (Å²) in [5.41, 5.74) is 19.7. The molecule has 0 bridgehead atoms. The summed E-state index contributed by atoms with van der Waals surface area (Å²) in [5, 5.41) is 12.8. The Morgan fingerprint density at radius 3 is 1.06 bits per heavy atom. The maximum atomic E-state index is 7.04. The third kappa shape index (κ3) is 7.86. The molecule has 0 spiro atoms. The van der Waals surface area contributed by atoms with Crippen molar-refractivity contribution in [3.05, 3.63) is 266 Å². The van der Waals surface area contributed by atoms with Gasteiger partial charge < -0.3 is 27.5 Å². The molecule has 4 aromatic heterocycles. The van der Waals surface area contributed by atoms with Crippen molar-refractivity contribution in [1.29, 1.82) is 0 Å². The Morgan fingerprint density at radius 2 is 0.651 bits per heavy atom. The van der Waals surface area contributed by atoms with Gasteiger partial charge in [0, 0.05) is 77.0 Å². The Hall–Kier alpha value is -10.8. The Morgan fingerprint density at radius 1 is 0.267 bits per heavy atom. The second kappa shape index (κ2) is 19.4. The second-order valence-corrected chi connectivity index (χ2v) is 23.5. The zero-order chi connectivity index (χ0) is 57.3. The first-order valence-corrected chi connectivity index (χ1v) is 29.7. The molecule has 0 N–H and O–H groups in total.